The third-order valence-electron chi connectivity index (χ3n) is 1.88. The summed E-state index contributed by atoms with van der Waals surface area (Å²) in [4.78, 5) is 0. The topological polar surface area (TPSA) is 75.7 Å². The number of phenols is 1. The number of ether oxygens (including phenoxy) is 1. The van der Waals surface area contributed by atoms with Gasteiger partial charge in [-0.25, -0.2) is 0 Å². The van der Waals surface area contributed by atoms with Crippen molar-refractivity contribution in [3.05, 3.63) is 22.2 Å². The second-order valence-electron chi connectivity index (χ2n) is 2.80. The van der Waals surface area contributed by atoms with E-state index in [-0.39, 0.29) is 12.3 Å². The molecule has 0 aliphatic heterocycles. The van der Waals surface area contributed by atoms with Crippen molar-refractivity contribution in [1.29, 1.82) is 0 Å². The highest BCUT2D eigenvalue weighted by Gasteiger charge is 2.14. The van der Waals surface area contributed by atoms with Gasteiger partial charge < -0.3 is 20.7 Å². The molecule has 0 saturated heterocycles. The number of methoxy groups -OCH3 is 1. The minimum Gasteiger partial charge on any atom is -0.506 e. The number of hydrogen-bond donors (Lipinski definition) is 3. The summed E-state index contributed by atoms with van der Waals surface area (Å²) in [6.45, 7) is 0.0488. The second kappa shape index (κ2) is 4.63. The first kappa shape index (κ1) is 11.3. The molecule has 78 valence electrons. The standard InChI is InChI=1S/C9H12BrNO3/c1-14-5-2-6(8(12)4-11)9(13)7(10)3-5/h2-3,8,12-13H,4,11H2,1H3. The predicted molar refractivity (Wildman–Crippen MR) is 56.4 cm³/mol. The Balaban J connectivity index is 3.20. The molecule has 4 N–H and O–H groups in total. The SMILES string of the molecule is COc1cc(Br)c(O)c(C(O)CN)c1. The van der Waals surface area contributed by atoms with Crippen molar-refractivity contribution in [1.82, 2.24) is 0 Å². The van der Waals surface area contributed by atoms with Crippen LogP contribution in [0.3, 0.4) is 0 Å². The van der Waals surface area contributed by atoms with E-state index in [0.29, 0.717) is 15.8 Å². The van der Waals surface area contributed by atoms with Gasteiger partial charge in [-0.1, -0.05) is 0 Å². The van der Waals surface area contributed by atoms with Crippen LogP contribution >= 0.6 is 15.9 Å². The van der Waals surface area contributed by atoms with Crippen LogP contribution in [0.4, 0.5) is 0 Å². The smallest absolute Gasteiger partial charge is 0.135 e. The van der Waals surface area contributed by atoms with Crippen LogP contribution < -0.4 is 10.5 Å². The number of aromatic hydroxyl groups is 1. The third kappa shape index (κ3) is 2.17. The van der Waals surface area contributed by atoms with Crippen LogP contribution in [0.15, 0.2) is 16.6 Å². The molecule has 1 unspecified atom stereocenters. The number of phenolic OH excluding ortho intramolecular Hbond substituents is 1. The number of aliphatic hydroxyl groups is 1. The Hall–Kier alpha value is -0.780. The molecule has 1 atom stereocenters. The van der Waals surface area contributed by atoms with Gasteiger partial charge in [0.1, 0.15) is 11.5 Å². The molecule has 0 aliphatic carbocycles. The van der Waals surface area contributed by atoms with Crippen molar-refractivity contribution in [3.8, 4) is 11.5 Å². The van der Waals surface area contributed by atoms with Gasteiger partial charge in [0.05, 0.1) is 17.7 Å². The number of rotatable bonds is 3. The fourth-order valence-electron chi connectivity index (χ4n) is 1.09. The maximum absolute atomic E-state index is 9.60. The van der Waals surface area contributed by atoms with Crippen LogP contribution in [0.1, 0.15) is 11.7 Å². The van der Waals surface area contributed by atoms with Crippen molar-refractivity contribution in [2.24, 2.45) is 5.73 Å². The molecule has 0 amide bonds. The van der Waals surface area contributed by atoms with Gasteiger partial charge in [-0.3, -0.25) is 0 Å². The summed E-state index contributed by atoms with van der Waals surface area (Å²) in [7, 11) is 1.51. The monoisotopic (exact) mass is 261 g/mol. The van der Waals surface area contributed by atoms with Gasteiger partial charge in [0.2, 0.25) is 0 Å². The molecule has 0 aromatic heterocycles. The summed E-state index contributed by atoms with van der Waals surface area (Å²) in [5.41, 5.74) is 5.66. The van der Waals surface area contributed by atoms with Crippen LogP contribution in [0, 0.1) is 0 Å². The Kier molecular flexibility index (Phi) is 3.74. The average molecular weight is 262 g/mol. The van der Waals surface area contributed by atoms with Crippen molar-refractivity contribution >= 4 is 15.9 Å². The minimum absolute atomic E-state index is 0.0104. The Morgan fingerprint density at radius 2 is 2.21 bits per heavy atom. The lowest BCUT2D eigenvalue weighted by Crippen LogP contribution is -2.11. The number of nitrogens with two attached hydrogens (primary N) is 1. The zero-order chi connectivity index (χ0) is 10.7. The molecule has 0 heterocycles. The molecule has 0 aliphatic rings. The van der Waals surface area contributed by atoms with E-state index in [1.165, 1.54) is 7.11 Å². The molecule has 1 aromatic rings. The van der Waals surface area contributed by atoms with E-state index < -0.39 is 6.10 Å². The Morgan fingerprint density at radius 1 is 1.57 bits per heavy atom. The van der Waals surface area contributed by atoms with E-state index in [2.05, 4.69) is 15.9 Å². The predicted octanol–water partition coefficient (Wildman–Crippen LogP) is 1.16. The quantitative estimate of drug-likeness (QED) is 0.763. The third-order valence-corrected chi connectivity index (χ3v) is 2.49. The Morgan fingerprint density at radius 3 is 2.71 bits per heavy atom. The molecule has 0 spiro atoms. The molecule has 0 fully saturated rings. The number of halogens is 1. The lowest BCUT2D eigenvalue weighted by Gasteiger charge is -2.13. The fourth-order valence-corrected chi connectivity index (χ4v) is 1.55. The summed E-state index contributed by atoms with van der Waals surface area (Å²) >= 11 is 3.15. The molecular formula is C9H12BrNO3. The minimum atomic E-state index is -0.888. The van der Waals surface area contributed by atoms with E-state index in [0.717, 1.165) is 0 Å². The lowest BCUT2D eigenvalue weighted by molar-refractivity contribution is 0.182. The zero-order valence-corrected chi connectivity index (χ0v) is 9.28. The van der Waals surface area contributed by atoms with E-state index in [4.69, 9.17) is 10.5 Å². The maximum atomic E-state index is 9.60. The second-order valence-corrected chi connectivity index (χ2v) is 3.65. The summed E-state index contributed by atoms with van der Waals surface area (Å²) in [6, 6.07) is 3.17. The van der Waals surface area contributed by atoms with Gasteiger partial charge in [-0.2, -0.15) is 0 Å². The van der Waals surface area contributed by atoms with E-state index in [9.17, 15) is 10.2 Å². The van der Waals surface area contributed by atoms with Crippen molar-refractivity contribution in [3.63, 3.8) is 0 Å². The molecule has 14 heavy (non-hydrogen) atoms. The summed E-state index contributed by atoms with van der Waals surface area (Å²) in [6.07, 6.45) is -0.888. The van der Waals surface area contributed by atoms with E-state index in [1.54, 1.807) is 12.1 Å². The van der Waals surface area contributed by atoms with Gasteiger partial charge in [0.15, 0.2) is 0 Å². The summed E-state index contributed by atoms with van der Waals surface area (Å²) < 4.78 is 5.46. The van der Waals surface area contributed by atoms with Crippen LogP contribution in [0.25, 0.3) is 0 Å². The highest BCUT2D eigenvalue weighted by atomic mass is 79.9. The molecule has 4 nitrogen and oxygen atoms in total. The number of benzene rings is 1. The van der Waals surface area contributed by atoms with E-state index in [1.807, 2.05) is 0 Å². The molecule has 0 saturated carbocycles. The summed E-state index contributed by atoms with van der Waals surface area (Å²) in [5, 5.41) is 19.1. The molecular weight excluding hydrogens is 250 g/mol. The average Bonchev–Trinajstić information content (AvgIpc) is 2.20. The Bertz CT molecular complexity index is 330. The molecule has 1 aromatic carbocycles. The van der Waals surface area contributed by atoms with Crippen molar-refractivity contribution < 1.29 is 14.9 Å². The Labute approximate surface area is 90.4 Å². The largest absolute Gasteiger partial charge is 0.506 e. The molecule has 0 radical (unpaired) electrons. The van der Waals surface area contributed by atoms with Crippen LogP contribution in [-0.2, 0) is 0 Å². The van der Waals surface area contributed by atoms with Gasteiger partial charge in [-0.15, -0.1) is 0 Å². The van der Waals surface area contributed by atoms with E-state index >= 15 is 0 Å². The first-order chi connectivity index (χ1) is 6.60. The van der Waals surface area contributed by atoms with Gasteiger partial charge in [-0.05, 0) is 28.1 Å². The van der Waals surface area contributed by atoms with Crippen molar-refractivity contribution in [2.45, 2.75) is 6.10 Å². The molecule has 1 rings (SSSR count). The molecule has 0 bridgehead atoms. The van der Waals surface area contributed by atoms with Gasteiger partial charge >= 0.3 is 0 Å². The van der Waals surface area contributed by atoms with Gasteiger partial charge in [0.25, 0.3) is 0 Å². The van der Waals surface area contributed by atoms with Crippen molar-refractivity contribution in [2.75, 3.05) is 13.7 Å². The van der Waals surface area contributed by atoms with Crippen LogP contribution in [-0.4, -0.2) is 23.9 Å². The van der Waals surface area contributed by atoms with Crippen LogP contribution in [0.5, 0.6) is 11.5 Å². The highest BCUT2D eigenvalue weighted by molar-refractivity contribution is 9.10. The maximum Gasteiger partial charge on any atom is 0.135 e. The fraction of sp³-hybridized carbons (Fsp3) is 0.333. The normalized spacial score (nSPS) is 12.6. The number of aliphatic hydroxyl groups excluding tert-OH is 1. The summed E-state index contributed by atoms with van der Waals surface area (Å²) in [5.74, 6) is 0.543. The first-order valence-corrected chi connectivity index (χ1v) is 4.84. The van der Waals surface area contributed by atoms with Crippen LogP contribution in [0.2, 0.25) is 0 Å². The molecule has 5 heteroatoms. The first-order valence-electron chi connectivity index (χ1n) is 4.04. The van der Waals surface area contributed by atoms with Gasteiger partial charge in [0, 0.05) is 12.1 Å². The zero-order valence-electron chi connectivity index (χ0n) is 7.70. The number of hydrogen-bond acceptors (Lipinski definition) is 4. The lowest BCUT2D eigenvalue weighted by atomic mass is 10.1. The highest BCUT2D eigenvalue weighted by Crippen LogP contribution is 2.35.